The van der Waals surface area contributed by atoms with Crippen LogP contribution in [0.4, 0.5) is 0 Å². The van der Waals surface area contributed by atoms with Gasteiger partial charge in [0, 0.05) is 11.0 Å². The van der Waals surface area contributed by atoms with Gasteiger partial charge in [-0.25, -0.2) is 13.1 Å². The molecule has 0 saturated carbocycles. The molecule has 0 fully saturated rings. The summed E-state index contributed by atoms with van der Waals surface area (Å²) in [5.74, 6) is 0.400. The minimum atomic E-state index is -3.63. The standard InChI is InChI=1S/C16H18BrNO3S/c1-12(13-6-4-3-5-7-13)11-18-22(19,20)16-10-14(17)8-9-15(16)21-2/h3-10,12,18H,11H2,1-2H3/t12-/m0/s1. The van der Waals surface area contributed by atoms with E-state index in [0.29, 0.717) is 16.8 Å². The van der Waals surface area contributed by atoms with Gasteiger partial charge in [0.2, 0.25) is 10.0 Å². The molecule has 1 atom stereocenters. The van der Waals surface area contributed by atoms with Crippen molar-refractivity contribution in [3.63, 3.8) is 0 Å². The number of hydrogen-bond donors (Lipinski definition) is 1. The van der Waals surface area contributed by atoms with Crippen molar-refractivity contribution in [1.29, 1.82) is 0 Å². The molecular weight excluding hydrogens is 366 g/mol. The summed E-state index contributed by atoms with van der Waals surface area (Å²) in [4.78, 5) is 0.129. The predicted molar refractivity (Wildman–Crippen MR) is 90.7 cm³/mol. The number of sulfonamides is 1. The molecule has 0 unspecified atom stereocenters. The Morgan fingerprint density at radius 3 is 2.50 bits per heavy atom. The van der Waals surface area contributed by atoms with Crippen LogP contribution in [0.2, 0.25) is 0 Å². The van der Waals surface area contributed by atoms with Gasteiger partial charge in [0.1, 0.15) is 10.6 Å². The van der Waals surface area contributed by atoms with Crippen molar-refractivity contribution in [3.8, 4) is 5.75 Å². The maximum absolute atomic E-state index is 12.5. The van der Waals surface area contributed by atoms with Crippen LogP contribution >= 0.6 is 15.9 Å². The summed E-state index contributed by atoms with van der Waals surface area (Å²) >= 11 is 3.29. The zero-order valence-electron chi connectivity index (χ0n) is 12.4. The molecule has 0 aliphatic rings. The van der Waals surface area contributed by atoms with E-state index in [1.165, 1.54) is 13.2 Å². The lowest BCUT2D eigenvalue weighted by Crippen LogP contribution is -2.28. The zero-order valence-corrected chi connectivity index (χ0v) is 14.8. The summed E-state index contributed by atoms with van der Waals surface area (Å²) in [6.07, 6.45) is 0. The predicted octanol–water partition coefficient (Wildman–Crippen LogP) is 3.54. The number of halogens is 1. The second-order valence-electron chi connectivity index (χ2n) is 4.96. The van der Waals surface area contributed by atoms with E-state index in [1.54, 1.807) is 12.1 Å². The van der Waals surface area contributed by atoms with Gasteiger partial charge >= 0.3 is 0 Å². The lowest BCUT2D eigenvalue weighted by atomic mass is 10.0. The van der Waals surface area contributed by atoms with E-state index in [0.717, 1.165) is 5.56 Å². The molecule has 2 aromatic carbocycles. The number of methoxy groups -OCH3 is 1. The van der Waals surface area contributed by atoms with E-state index >= 15 is 0 Å². The van der Waals surface area contributed by atoms with Gasteiger partial charge in [-0.05, 0) is 29.7 Å². The molecule has 0 spiro atoms. The fourth-order valence-corrected chi connectivity index (χ4v) is 3.91. The molecular formula is C16H18BrNO3S. The van der Waals surface area contributed by atoms with Crippen molar-refractivity contribution in [2.75, 3.05) is 13.7 Å². The maximum Gasteiger partial charge on any atom is 0.244 e. The van der Waals surface area contributed by atoms with Crippen molar-refractivity contribution >= 4 is 26.0 Å². The molecule has 0 aliphatic carbocycles. The Kier molecular flexibility index (Phi) is 5.61. The van der Waals surface area contributed by atoms with Gasteiger partial charge in [-0.2, -0.15) is 0 Å². The summed E-state index contributed by atoms with van der Waals surface area (Å²) < 4.78 is 33.4. The van der Waals surface area contributed by atoms with Crippen LogP contribution in [0.1, 0.15) is 18.4 Å². The van der Waals surface area contributed by atoms with Gasteiger partial charge in [-0.1, -0.05) is 53.2 Å². The second-order valence-corrected chi connectivity index (χ2v) is 7.61. The lowest BCUT2D eigenvalue weighted by Gasteiger charge is -2.15. The summed E-state index contributed by atoms with van der Waals surface area (Å²) in [6.45, 7) is 2.30. The first-order chi connectivity index (χ1) is 10.4. The van der Waals surface area contributed by atoms with E-state index in [9.17, 15) is 8.42 Å². The van der Waals surface area contributed by atoms with Crippen LogP contribution < -0.4 is 9.46 Å². The van der Waals surface area contributed by atoms with Gasteiger partial charge in [-0.3, -0.25) is 0 Å². The third-order valence-corrected chi connectivity index (χ3v) is 5.30. The Morgan fingerprint density at radius 2 is 1.86 bits per heavy atom. The molecule has 4 nitrogen and oxygen atoms in total. The molecule has 0 bridgehead atoms. The van der Waals surface area contributed by atoms with E-state index < -0.39 is 10.0 Å². The molecule has 22 heavy (non-hydrogen) atoms. The van der Waals surface area contributed by atoms with E-state index in [-0.39, 0.29) is 10.8 Å². The molecule has 0 heterocycles. The van der Waals surface area contributed by atoms with Crippen LogP contribution in [-0.2, 0) is 10.0 Å². The molecule has 0 saturated heterocycles. The lowest BCUT2D eigenvalue weighted by molar-refractivity contribution is 0.402. The average Bonchev–Trinajstić information content (AvgIpc) is 2.53. The Bertz CT molecular complexity index is 732. The fraction of sp³-hybridized carbons (Fsp3) is 0.250. The molecule has 0 radical (unpaired) electrons. The van der Waals surface area contributed by atoms with Crippen molar-refractivity contribution < 1.29 is 13.2 Å². The number of benzene rings is 2. The third kappa shape index (κ3) is 4.09. The first kappa shape index (κ1) is 17.0. The van der Waals surface area contributed by atoms with Crippen molar-refractivity contribution in [2.45, 2.75) is 17.7 Å². The topological polar surface area (TPSA) is 55.4 Å². The quantitative estimate of drug-likeness (QED) is 0.829. The monoisotopic (exact) mass is 383 g/mol. The van der Waals surface area contributed by atoms with Crippen LogP contribution in [-0.4, -0.2) is 22.1 Å². The van der Waals surface area contributed by atoms with Gasteiger partial charge < -0.3 is 4.74 Å². The highest BCUT2D eigenvalue weighted by molar-refractivity contribution is 9.10. The van der Waals surface area contributed by atoms with Crippen LogP contribution in [0.15, 0.2) is 57.9 Å². The Labute approximate surface area is 139 Å². The SMILES string of the molecule is COc1ccc(Br)cc1S(=O)(=O)NC[C@H](C)c1ccccc1. The Hall–Kier alpha value is -1.37. The van der Waals surface area contributed by atoms with Gasteiger partial charge in [0.25, 0.3) is 0 Å². The number of hydrogen-bond acceptors (Lipinski definition) is 3. The molecule has 1 N–H and O–H groups in total. The summed E-state index contributed by atoms with van der Waals surface area (Å²) in [7, 11) is -2.18. The van der Waals surface area contributed by atoms with Crippen LogP contribution in [0.25, 0.3) is 0 Å². The highest BCUT2D eigenvalue weighted by atomic mass is 79.9. The smallest absolute Gasteiger partial charge is 0.244 e. The molecule has 2 aromatic rings. The van der Waals surface area contributed by atoms with Crippen LogP contribution in [0.3, 0.4) is 0 Å². The normalized spacial score (nSPS) is 12.9. The summed E-state index contributed by atoms with van der Waals surface area (Å²) in [6, 6.07) is 14.7. The summed E-state index contributed by atoms with van der Waals surface area (Å²) in [5.41, 5.74) is 1.09. The van der Waals surface area contributed by atoms with E-state index in [2.05, 4.69) is 20.7 Å². The van der Waals surface area contributed by atoms with E-state index in [1.807, 2.05) is 37.3 Å². The van der Waals surface area contributed by atoms with Crippen molar-refractivity contribution in [2.24, 2.45) is 0 Å². The van der Waals surface area contributed by atoms with Crippen LogP contribution in [0.5, 0.6) is 5.75 Å². The summed E-state index contributed by atoms with van der Waals surface area (Å²) in [5, 5.41) is 0. The minimum absolute atomic E-state index is 0.0779. The zero-order chi connectivity index (χ0) is 16.2. The minimum Gasteiger partial charge on any atom is -0.495 e. The van der Waals surface area contributed by atoms with Crippen molar-refractivity contribution in [1.82, 2.24) is 4.72 Å². The number of rotatable bonds is 6. The Balaban J connectivity index is 2.17. The number of ether oxygens (including phenoxy) is 1. The molecule has 6 heteroatoms. The maximum atomic E-state index is 12.5. The largest absolute Gasteiger partial charge is 0.495 e. The van der Waals surface area contributed by atoms with Gasteiger partial charge in [0.15, 0.2) is 0 Å². The highest BCUT2D eigenvalue weighted by Crippen LogP contribution is 2.27. The Morgan fingerprint density at radius 1 is 1.18 bits per heavy atom. The first-order valence-electron chi connectivity index (χ1n) is 6.82. The first-order valence-corrected chi connectivity index (χ1v) is 9.10. The van der Waals surface area contributed by atoms with Crippen LogP contribution in [0, 0.1) is 0 Å². The third-order valence-electron chi connectivity index (χ3n) is 3.36. The highest BCUT2D eigenvalue weighted by Gasteiger charge is 2.20. The average molecular weight is 384 g/mol. The van der Waals surface area contributed by atoms with Gasteiger partial charge in [0.05, 0.1) is 7.11 Å². The fourth-order valence-electron chi connectivity index (χ4n) is 2.07. The number of nitrogens with one attached hydrogen (secondary N) is 1. The molecule has 0 aliphatic heterocycles. The molecule has 0 aromatic heterocycles. The van der Waals surface area contributed by atoms with Gasteiger partial charge in [-0.15, -0.1) is 0 Å². The van der Waals surface area contributed by atoms with Crippen molar-refractivity contribution in [3.05, 3.63) is 58.6 Å². The molecule has 2 rings (SSSR count). The molecule has 118 valence electrons. The second kappa shape index (κ2) is 7.26. The van der Waals surface area contributed by atoms with E-state index in [4.69, 9.17) is 4.74 Å². The molecule has 0 amide bonds.